The van der Waals surface area contributed by atoms with Gasteiger partial charge in [0.25, 0.3) is 0 Å². The molecule has 1 aliphatic rings. The third-order valence-electron chi connectivity index (χ3n) is 8.96. The molecule has 0 saturated heterocycles. The van der Waals surface area contributed by atoms with Crippen molar-refractivity contribution in [3.8, 4) is 17.2 Å². The van der Waals surface area contributed by atoms with E-state index in [-0.39, 0.29) is 22.3 Å². The molecule has 2 atom stereocenters. The van der Waals surface area contributed by atoms with Crippen molar-refractivity contribution in [1.29, 1.82) is 0 Å². The number of hydrogen-bond acceptors (Lipinski definition) is 3. The maximum Gasteiger partial charge on any atom is 0.115 e. The van der Waals surface area contributed by atoms with E-state index in [0.717, 1.165) is 32.1 Å². The van der Waals surface area contributed by atoms with Crippen LogP contribution in [0, 0.1) is 11.8 Å². The lowest BCUT2D eigenvalue weighted by Gasteiger charge is -2.48. The van der Waals surface area contributed by atoms with E-state index in [9.17, 15) is 15.3 Å². The molecule has 0 radical (unpaired) electrons. The van der Waals surface area contributed by atoms with Gasteiger partial charge in [-0.3, -0.25) is 0 Å². The van der Waals surface area contributed by atoms with Crippen LogP contribution in [0.1, 0.15) is 82.4 Å². The van der Waals surface area contributed by atoms with E-state index >= 15 is 0 Å². The van der Waals surface area contributed by atoms with Crippen LogP contribution < -0.4 is 0 Å². The molecule has 4 rings (SSSR count). The molecule has 3 N–H and O–H groups in total. The molecule has 0 aliphatic heterocycles. The van der Waals surface area contributed by atoms with Crippen molar-refractivity contribution in [3.05, 3.63) is 89.5 Å². The summed E-state index contributed by atoms with van der Waals surface area (Å²) >= 11 is 0. The van der Waals surface area contributed by atoms with Crippen molar-refractivity contribution in [3.63, 3.8) is 0 Å². The molecule has 1 saturated carbocycles. The van der Waals surface area contributed by atoms with Crippen LogP contribution >= 0.6 is 0 Å². The van der Waals surface area contributed by atoms with E-state index < -0.39 is 0 Å². The Bertz CT molecular complexity index is 1030. The summed E-state index contributed by atoms with van der Waals surface area (Å²) in [6.45, 7) is 7.05. The Morgan fingerprint density at radius 3 is 1.63 bits per heavy atom. The fourth-order valence-electron chi connectivity index (χ4n) is 6.23. The molecule has 3 nitrogen and oxygen atoms in total. The Hall–Kier alpha value is -2.94. The summed E-state index contributed by atoms with van der Waals surface area (Å²) in [6, 6.07) is 23.3. The Balaban J connectivity index is 1.67. The van der Waals surface area contributed by atoms with Crippen molar-refractivity contribution < 1.29 is 15.3 Å². The second-order valence-electron chi connectivity index (χ2n) is 11.0. The number of phenolic OH excluding ortho intramolecular Hbond substituents is 3. The van der Waals surface area contributed by atoms with Crippen molar-refractivity contribution in [1.82, 2.24) is 0 Å². The Morgan fingerprint density at radius 2 is 1.20 bits per heavy atom. The van der Waals surface area contributed by atoms with Crippen LogP contribution in [-0.4, -0.2) is 15.3 Å². The molecular weight excluding hydrogens is 432 g/mol. The summed E-state index contributed by atoms with van der Waals surface area (Å²) in [5, 5.41) is 29.7. The van der Waals surface area contributed by atoms with Gasteiger partial charge in [0.05, 0.1) is 0 Å². The number of rotatable bonds is 8. The van der Waals surface area contributed by atoms with E-state index in [4.69, 9.17) is 0 Å². The smallest absolute Gasteiger partial charge is 0.115 e. The molecule has 3 heteroatoms. The molecule has 0 heterocycles. The second kappa shape index (κ2) is 10.4. The first kappa shape index (κ1) is 25.2. The molecular formula is C32H40O3. The maximum atomic E-state index is 9.91. The molecule has 186 valence electrons. The average Bonchev–Trinajstić information content (AvgIpc) is 2.88. The Labute approximate surface area is 210 Å². The fourth-order valence-corrected chi connectivity index (χ4v) is 6.23. The molecule has 0 spiro atoms. The van der Waals surface area contributed by atoms with Crippen molar-refractivity contribution in [2.75, 3.05) is 0 Å². The monoisotopic (exact) mass is 472 g/mol. The van der Waals surface area contributed by atoms with Crippen LogP contribution in [0.4, 0.5) is 0 Å². The molecule has 1 fully saturated rings. The zero-order valence-corrected chi connectivity index (χ0v) is 21.4. The van der Waals surface area contributed by atoms with Crippen LogP contribution in [0.5, 0.6) is 17.2 Å². The maximum absolute atomic E-state index is 9.91. The molecule has 35 heavy (non-hydrogen) atoms. The lowest BCUT2D eigenvalue weighted by atomic mass is 9.56. The third-order valence-corrected chi connectivity index (χ3v) is 8.96. The summed E-state index contributed by atoms with van der Waals surface area (Å²) < 4.78 is 0. The average molecular weight is 473 g/mol. The molecule has 1 aliphatic carbocycles. The van der Waals surface area contributed by atoms with Crippen LogP contribution in [0.3, 0.4) is 0 Å². The largest absolute Gasteiger partial charge is 0.508 e. The Kier molecular flexibility index (Phi) is 7.44. The Morgan fingerprint density at radius 1 is 0.771 bits per heavy atom. The molecule has 0 bridgehead atoms. The van der Waals surface area contributed by atoms with Gasteiger partial charge in [0.15, 0.2) is 0 Å². The lowest BCUT2D eigenvalue weighted by Crippen LogP contribution is -2.40. The highest BCUT2D eigenvalue weighted by Gasteiger charge is 2.44. The quantitative estimate of drug-likeness (QED) is 0.311. The first-order valence-corrected chi connectivity index (χ1v) is 13.2. The molecule has 2 unspecified atom stereocenters. The number of hydrogen-bond donors (Lipinski definition) is 3. The lowest BCUT2D eigenvalue weighted by molar-refractivity contribution is 0.160. The van der Waals surface area contributed by atoms with Gasteiger partial charge in [-0.1, -0.05) is 63.6 Å². The predicted octanol–water partition coefficient (Wildman–Crippen LogP) is 8.06. The molecule has 0 amide bonds. The van der Waals surface area contributed by atoms with Gasteiger partial charge < -0.3 is 15.3 Å². The van der Waals surface area contributed by atoms with Gasteiger partial charge in [-0.25, -0.2) is 0 Å². The van der Waals surface area contributed by atoms with Crippen molar-refractivity contribution in [2.45, 2.75) is 76.5 Å². The summed E-state index contributed by atoms with van der Waals surface area (Å²) in [5.74, 6) is 2.13. The van der Waals surface area contributed by atoms with Gasteiger partial charge in [-0.15, -0.1) is 0 Å². The first-order valence-electron chi connectivity index (χ1n) is 13.2. The fraction of sp³-hybridized carbons (Fsp3) is 0.438. The topological polar surface area (TPSA) is 60.7 Å². The highest BCUT2D eigenvalue weighted by Crippen LogP contribution is 2.53. The summed E-state index contributed by atoms with van der Waals surface area (Å²) in [7, 11) is 0. The van der Waals surface area contributed by atoms with Crippen LogP contribution in [-0.2, 0) is 10.8 Å². The molecule has 0 aromatic heterocycles. The van der Waals surface area contributed by atoms with Gasteiger partial charge in [-0.05, 0) is 109 Å². The third kappa shape index (κ3) is 5.19. The van der Waals surface area contributed by atoms with Crippen LogP contribution in [0.25, 0.3) is 0 Å². The molecule has 3 aromatic rings. The van der Waals surface area contributed by atoms with E-state index in [0.29, 0.717) is 17.6 Å². The van der Waals surface area contributed by atoms with E-state index in [1.807, 2.05) is 12.1 Å². The van der Waals surface area contributed by atoms with Gasteiger partial charge in [0, 0.05) is 5.41 Å². The zero-order valence-electron chi connectivity index (χ0n) is 21.4. The standard InChI is InChI=1S/C32H40O3/c1-4-23(2)17-20-31(3,24-5-11-28(33)12-6-24)25-18-21-32(22-19-25,26-7-13-29(34)14-8-26)27-9-15-30(35)16-10-27/h5-16,23,25,33-35H,4,17-22H2,1-3H3. The summed E-state index contributed by atoms with van der Waals surface area (Å²) in [6.07, 6.45) is 7.77. The number of phenols is 3. The highest BCUT2D eigenvalue weighted by atomic mass is 16.3. The van der Waals surface area contributed by atoms with Gasteiger partial charge in [-0.2, -0.15) is 0 Å². The minimum absolute atomic E-state index is 0.0488. The minimum Gasteiger partial charge on any atom is -0.508 e. The zero-order chi connectivity index (χ0) is 25.1. The van der Waals surface area contributed by atoms with Crippen molar-refractivity contribution in [2.24, 2.45) is 11.8 Å². The molecule has 3 aromatic carbocycles. The van der Waals surface area contributed by atoms with E-state index in [1.165, 1.54) is 29.5 Å². The van der Waals surface area contributed by atoms with Crippen LogP contribution in [0.15, 0.2) is 72.8 Å². The number of aromatic hydroxyl groups is 3. The minimum atomic E-state index is -0.134. The van der Waals surface area contributed by atoms with Gasteiger partial charge in [0.1, 0.15) is 17.2 Å². The summed E-state index contributed by atoms with van der Waals surface area (Å²) in [5.41, 5.74) is 3.69. The van der Waals surface area contributed by atoms with E-state index in [1.54, 1.807) is 24.3 Å². The highest BCUT2D eigenvalue weighted by molar-refractivity contribution is 5.44. The summed E-state index contributed by atoms with van der Waals surface area (Å²) in [4.78, 5) is 0. The SMILES string of the molecule is CCC(C)CCC(C)(c1ccc(O)cc1)C1CCC(c2ccc(O)cc2)(c2ccc(O)cc2)CC1. The van der Waals surface area contributed by atoms with Crippen LogP contribution in [0.2, 0.25) is 0 Å². The normalized spacial score (nSPS) is 18.6. The van der Waals surface area contributed by atoms with Gasteiger partial charge in [0.2, 0.25) is 0 Å². The predicted molar refractivity (Wildman–Crippen MR) is 143 cm³/mol. The van der Waals surface area contributed by atoms with Gasteiger partial charge >= 0.3 is 0 Å². The first-order chi connectivity index (χ1) is 16.8. The number of benzene rings is 3. The van der Waals surface area contributed by atoms with E-state index in [2.05, 4.69) is 57.2 Å². The van der Waals surface area contributed by atoms with Crippen molar-refractivity contribution >= 4 is 0 Å². The second-order valence-corrected chi connectivity index (χ2v) is 11.0.